The maximum absolute atomic E-state index is 6.76. The average molecular weight is 573 g/mol. The van der Waals surface area contributed by atoms with Crippen molar-refractivity contribution in [2.45, 2.75) is 35.5 Å². The fraction of sp³-hybridized carbons (Fsp3) is 0.333. The Bertz CT molecular complexity index is 1400. The average Bonchev–Trinajstić information content (AvgIpc) is 3.37. The van der Waals surface area contributed by atoms with E-state index in [1.807, 2.05) is 12.1 Å². The van der Waals surface area contributed by atoms with E-state index in [4.69, 9.17) is 53.8 Å². The van der Waals surface area contributed by atoms with Crippen molar-refractivity contribution < 1.29 is 18.9 Å². The highest BCUT2D eigenvalue weighted by atomic mass is 35.6. The number of aryl methyl sites for hydroxylation is 1. The van der Waals surface area contributed by atoms with Crippen molar-refractivity contribution in [3.05, 3.63) is 82.4 Å². The Morgan fingerprint density at radius 3 is 2.39 bits per heavy atom. The van der Waals surface area contributed by atoms with Gasteiger partial charge in [-0.3, -0.25) is 0 Å². The Morgan fingerprint density at radius 1 is 0.921 bits per heavy atom. The lowest BCUT2D eigenvalue weighted by atomic mass is 9.80. The molecule has 8 heteroatoms. The van der Waals surface area contributed by atoms with E-state index >= 15 is 0 Å². The Morgan fingerprint density at radius 2 is 1.68 bits per heavy atom. The monoisotopic (exact) mass is 571 g/mol. The molecule has 0 radical (unpaired) electrons. The summed E-state index contributed by atoms with van der Waals surface area (Å²) >= 11 is 20.3. The Labute approximate surface area is 237 Å². The first-order valence-electron chi connectivity index (χ1n) is 12.7. The van der Waals surface area contributed by atoms with Gasteiger partial charge in [0.1, 0.15) is 6.04 Å². The van der Waals surface area contributed by atoms with Crippen LogP contribution in [0.3, 0.4) is 0 Å². The van der Waals surface area contributed by atoms with Crippen molar-refractivity contribution >= 4 is 46.1 Å². The topological polar surface area (TPSA) is 40.2 Å². The SMILES string of the molecule is COc1ccc2c(c1OC)[C@@H](C(Cl)(Cl)Cl)N1CCc3cc4c(cc3C1=C2CCCc1ccccc1)OCO4. The van der Waals surface area contributed by atoms with Crippen LogP contribution < -0.4 is 18.9 Å². The predicted octanol–water partition coefficient (Wildman–Crippen LogP) is 7.61. The standard InChI is InChI=1S/C30H28Cl3NO4/c1-35-23-12-11-20-21(10-6-9-18-7-4-3-5-8-18)27-22-16-25-24(37-17-38-25)15-19(22)13-14-34(27)29(30(31,32)33)26(20)28(23)36-2/h3-5,7-8,11-12,15-16,29H,6,9-10,13-14,17H2,1-2H3/t29-/m0/s1. The fourth-order valence-corrected chi connectivity index (χ4v) is 6.67. The van der Waals surface area contributed by atoms with E-state index in [-0.39, 0.29) is 6.79 Å². The predicted molar refractivity (Wildman–Crippen MR) is 152 cm³/mol. The second-order valence-electron chi connectivity index (χ2n) is 9.68. The number of alkyl halides is 3. The summed E-state index contributed by atoms with van der Waals surface area (Å²) < 4.78 is 21.4. The summed E-state index contributed by atoms with van der Waals surface area (Å²) in [6, 6.07) is 18.2. The largest absolute Gasteiger partial charge is 0.493 e. The molecule has 3 aliphatic heterocycles. The number of hydrogen-bond donors (Lipinski definition) is 0. The van der Waals surface area contributed by atoms with Gasteiger partial charge in [0.2, 0.25) is 10.6 Å². The molecule has 0 saturated carbocycles. The number of nitrogens with zero attached hydrogens (tertiary/aromatic N) is 1. The lowest BCUT2D eigenvalue weighted by molar-refractivity contribution is 0.174. The van der Waals surface area contributed by atoms with Crippen molar-refractivity contribution in [2.24, 2.45) is 0 Å². The molecule has 1 atom stereocenters. The Kier molecular flexibility index (Phi) is 6.79. The molecule has 0 N–H and O–H groups in total. The van der Waals surface area contributed by atoms with Crippen molar-refractivity contribution in [1.29, 1.82) is 0 Å². The van der Waals surface area contributed by atoms with Crippen LogP contribution in [0.2, 0.25) is 0 Å². The van der Waals surface area contributed by atoms with Gasteiger partial charge in [0.25, 0.3) is 0 Å². The van der Waals surface area contributed by atoms with Gasteiger partial charge in [0.15, 0.2) is 23.0 Å². The number of hydrogen-bond acceptors (Lipinski definition) is 5. The molecule has 0 fully saturated rings. The molecular weight excluding hydrogens is 545 g/mol. The summed E-state index contributed by atoms with van der Waals surface area (Å²) in [5, 5.41) is 0. The van der Waals surface area contributed by atoms with Crippen LogP contribution in [0.15, 0.2) is 54.6 Å². The number of rotatable bonds is 6. The molecule has 198 valence electrons. The van der Waals surface area contributed by atoms with Gasteiger partial charge in [-0.1, -0.05) is 71.2 Å². The van der Waals surface area contributed by atoms with Crippen molar-refractivity contribution in [3.8, 4) is 23.0 Å². The van der Waals surface area contributed by atoms with E-state index in [2.05, 4.69) is 47.4 Å². The molecule has 0 unspecified atom stereocenters. The maximum atomic E-state index is 6.76. The zero-order chi connectivity index (χ0) is 26.4. The summed E-state index contributed by atoms with van der Waals surface area (Å²) in [5.74, 6) is 2.73. The van der Waals surface area contributed by atoms with Gasteiger partial charge in [0.05, 0.1) is 14.2 Å². The molecule has 0 amide bonds. The fourth-order valence-electron chi connectivity index (χ4n) is 5.99. The summed E-state index contributed by atoms with van der Waals surface area (Å²) in [6.07, 6.45) is 3.54. The van der Waals surface area contributed by atoms with Crippen LogP contribution in [0, 0.1) is 0 Å². The van der Waals surface area contributed by atoms with Crippen LogP contribution in [0.25, 0.3) is 11.3 Å². The number of allylic oxidation sites excluding steroid dienone is 1. The molecule has 38 heavy (non-hydrogen) atoms. The summed E-state index contributed by atoms with van der Waals surface area (Å²) in [7, 11) is 3.26. The van der Waals surface area contributed by atoms with Gasteiger partial charge < -0.3 is 23.8 Å². The first-order valence-corrected chi connectivity index (χ1v) is 13.8. The van der Waals surface area contributed by atoms with Crippen LogP contribution in [0.4, 0.5) is 0 Å². The molecule has 0 bridgehead atoms. The van der Waals surface area contributed by atoms with Crippen LogP contribution in [-0.2, 0) is 12.8 Å². The molecule has 3 aliphatic rings. The van der Waals surface area contributed by atoms with Gasteiger partial charge in [-0.2, -0.15) is 0 Å². The van der Waals surface area contributed by atoms with Gasteiger partial charge >= 0.3 is 0 Å². The third-order valence-electron chi connectivity index (χ3n) is 7.59. The minimum Gasteiger partial charge on any atom is -0.493 e. The molecule has 0 aliphatic carbocycles. The highest BCUT2D eigenvalue weighted by molar-refractivity contribution is 6.68. The molecule has 0 spiro atoms. The molecular formula is C30H28Cl3NO4. The number of halogens is 3. The summed E-state index contributed by atoms with van der Waals surface area (Å²) in [6.45, 7) is 0.907. The number of benzene rings is 3. The van der Waals surface area contributed by atoms with Crippen LogP contribution in [0.1, 0.15) is 46.7 Å². The lowest BCUT2D eigenvalue weighted by Crippen LogP contribution is -2.42. The molecule has 0 saturated heterocycles. The van der Waals surface area contributed by atoms with Crippen LogP contribution >= 0.6 is 34.8 Å². The normalized spacial score (nSPS) is 17.6. The van der Waals surface area contributed by atoms with E-state index in [1.165, 1.54) is 16.7 Å². The first kappa shape index (κ1) is 25.5. The second-order valence-corrected chi connectivity index (χ2v) is 12.0. The Hall–Kier alpha value is -2.73. The van der Waals surface area contributed by atoms with Gasteiger partial charge in [-0.05, 0) is 66.1 Å². The highest BCUT2D eigenvalue weighted by Gasteiger charge is 2.48. The second kappa shape index (κ2) is 10.1. The molecule has 6 rings (SSSR count). The minimum absolute atomic E-state index is 0.224. The van der Waals surface area contributed by atoms with Gasteiger partial charge in [-0.15, -0.1) is 0 Å². The molecule has 3 heterocycles. The molecule has 5 nitrogen and oxygen atoms in total. The van der Waals surface area contributed by atoms with Crippen molar-refractivity contribution in [2.75, 3.05) is 27.6 Å². The summed E-state index contributed by atoms with van der Waals surface area (Å²) in [4.78, 5) is 2.24. The van der Waals surface area contributed by atoms with E-state index in [0.29, 0.717) is 18.0 Å². The lowest BCUT2D eigenvalue weighted by Gasteiger charge is -2.47. The highest BCUT2D eigenvalue weighted by Crippen LogP contribution is 2.59. The van der Waals surface area contributed by atoms with Crippen LogP contribution in [0.5, 0.6) is 23.0 Å². The zero-order valence-electron chi connectivity index (χ0n) is 21.2. The number of ether oxygens (including phenoxy) is 4. The zero-order valence-corrected chi connectivity index (χ0v) is 23.5. The minimum atomic E-state index is -1.62. The third kappa shape index (κ3) is 4.35. The Balaban J connectivity index is 1.56. The van der Waals surface area contributed by atoms with E-state index in [9.17, 15) is 0 Å². The maximum Gasteiger partial charge on any atom is 0.231 e. The van der Waals surface area contributed by atoms with E-state index in [0.717, 1.165) is 59.6 Å². The smallest absolute Gasteiger partial charge is 0.231 e. The third-order valence-corrected chi connectivity index (χ3v) is 8.21. The molecule has 3 aromatic carbocycles. The number of methoxy groups -OCH3 is 2. The molecule has 3 aromatic rings. The van der Waals surface area contributed by atoms with Crippen molar-refractivity contribution in [3.63, 3.8) is 0 Å². The quantitative estimate of drug-likeness (QED) is 0.284. The van der Waals surface area contributed by atoms with Crippen LogP contribution in [-0.4, -0.2) is 36.2 Å². The first-order chi connectivity index (χ1) is 18.4. The molecule has 0 aromatic heterocycles. The number of fused-ring (bicyclic) bond motifs is 5. The van der Waals surface area contributed by atoms with Gasteiger partial charge in [0, 0.05) is 23.4 Å². The van der Waals surface area contributed by atoms with Gasteiger partial charge in [-0.25, -0.2) is 0 Å². The van der Waals surface area contributed by atoms with Crippen molar-refractivity contribution in [1.82, 2.24) is 4.90 Å². The van der Waals surface area contributed by atoms with E-state index in [1.54, 1.807) is 14.2 Å². The van der Waals surface area contributed by atoms with E-state index < -0.39 is 9.83 Å². The summed E-state index contributed by atoms with van der Waals surface area (Å²) in [5.41, 5.74) is 7.74.